The van der Waals surface area contributed by atoms with Crippen LogP contribution in [0, 0.1) is 17.7 Å². The normalized spacial score (nSPS) is 35.4. The zero-order chi connectivity index (χ0) is 29.8. The second kappa shape index (κ2) is 11.4. The third kappa shape index (κ3) is 5.40. The van der Waals surface area contributed by atoms with Gasteiger partial charge in [0.2, 0.25) is 11.8 Å². The smallest absolute Gasteiger partial charge is 0.257 e. The molecule has 1 aromatic heterocycles. The van der Waals surface area contributed by atoms with Crippen LogP contribution in [0.15, 0.2) is 24.3 Å². The van der Waals surface area contributed by atoms with Crippen molar-refractivity contribution in [1.29, 1.82) is 0 Å². The fourth-order valence-electron chi connectivity index (χ4n) is 6.76. The number of amides is 3. The van der Waals surface area contributed by atoms with Gasteiger partial charge in [-0.2, -0.15) is 0 Å². The minimum absolute atomic E-state index is 0.0236. The topological polar surface area (TPSA) is 122 Å². The molecule has 4 fully saturated rings. The van der Waals surface area contributed by atoms with Crippen LogP contribution < -0.4 is 16.1 Å². The van der Waals surface area contributed by atoms with E-state index in [-0.39, 0.29) is 55.1 Å². The molecule has 4 saturated heterocycles. The number of hydrogen-bond acceptors (Lipinski definition) is 9. The molecule has 3 amide bonds. The summed E-state index contributed by atoms with van der Waals surface area (Å²) in [5.74, 6) is -3.89. The highest BCUT2D eigenvalue weighted by Gasteiger charge is 2.66. The number of likely N-dealkylation sites (tertiary alicyclic amines) is 1. The van der Waals surface area contributed by atoms with Crippen LogP contribution in [0.3, 0.4) is 0 Å². The third-order valence-corrected chi connectivity index (χ3v) is 9.37. The molecular formula is C27H35ClF2N8O4. The number of piperazine rings is 2. The Balaban J connectivity index is 1.27. The van der Waals surface area contributed by atoms with Gasteiger partial charge in [-0.3, -0.25) is 24.7 Å². The number of ether oxygens (including phenoxy) is 1. The number of nitrogens with zero attached hydrogens (tertiary/aromatic N) is 5. The van der Waals surface area contributed by atoms with Gasteiger partial charge in [-0.25, -0.2) is 14.4 Å². The monoisotopic (exact) mass is 608 g/mol. The van der Waals surface area contributed by atoms with E-state index in [0.717, 1.165) is 17.3 Å². The highest BCUT2D eigenvalue weighted by molar-refractivity contribution is 6.29. The Morgan fingerprint density at radius 3 is 2.69 bits per heavy atom. The first kappa shape index (κ1) is 29.3. The number of carbonyl (C=O) groups is 3. The quantitative estimate of drug-likeness (QED) is 0.241. The molecule has 1 aromatic rings. The van der Waals surface area contributed by atoms with E-state index < -0.39 is 47.2 Å². The molecule has 6 heterocycles. The first-order valence-corrected chi connectivity index (χ1v) is 14.7. The Bertz CT molecular complexity index is 1260. The molecule has 5 aliphatic rings. The number of pyridine rings is 1. The number of fused-ring (bicyclic) bond motifs is 1. The number of nitrogens with one attached hydrogen (secondary N) is 3. The summed E-state index contributed by atoms with van der Waals surface area (Å²) in [6.45, 7) is 6.60. The molecule has 1 spiro atoms. The maximum atomic E-state index is 14.3. The van der Waals surface area contributed by atoms with Crippen molar-refractivity contribution in [2.45, 2.75) is 50.1 Å². The molecule has 0 radical (unpaired) electrons. The number of anilines is 1. The molecule has 3 N–H and O–H groups in total. The molecule has 42 heavy (non-hydrogen) atoms. The van der Waals surface area contributed by atoms with Gasteiger partial charge in [0.05, 0.1) is 24.6 Å². The molecule has 12 nitrogen and oxygen atoms in total. The predicted molar refractivity (Wildman–Crippen MR) is 148 cm³/mol. The van der Waals surface area contributed by atoms with Crippen LogP contribution in [0.2, 0.25) is 5.15 Å². The van der Waals surface area contributed by atoms with Gasteiger partial charge < -0.3 is 20.3 Å². The van der Waals surface area contributed by atoms with E-state index in [9.17, 15) is 23.3 Å². The summed E-state index contributed by atoms with van der Waals surface area (Å²) in [6.07, 6.45) is 2.96. The molecule has 228 valence electrons. The van der Waals surface area contributed by atoms with Crippen molar-refractivity contribution < 1.29 is 28.0 Å². The van der Waals surface area contributed by atoms with Crippen molar-refractivity contribution in [2.24, 2.45) is 11.8 Å². The van der Waals surface area contributed by atoms with Crippen LogP contribution in [0.4, 0.5) is 14.7 Å². The first-order chi connectivity index (χ1) is 20.0. The van der Waals surface area contributed by atoms with Gasteiger partial charge in [-0.15, -0.1) is 9.60 Å². The number of halogens is 3. The summed E-state index contributed by atoms with van der Waals surface area (Å²) in [6, 6.07) is 1.36. The lowest BCUT2D eigenvalue weighted by Gasteiger charge is -2.48. The molecule has 7 atom stereocenters. The molecular weight excluding hydrogens is 574 g/mol. The van der Waals surface area contributed by atoms with Gasteiger partial charge in [0, 0.05) is 69.9 Å². The molecule has 15 heteroatoms. The van der Waals surface area contributed by atoms with Crippen molar-refractivity contribution in [3.63, 3.8) is 0 Å². The van der Waals surface area contributed by atoms with Gasteiger partial charge in [0.15, 0.2) is 0 Å². The van der Waals surface area contributed by atoms with Crippen LogP contribution in [0.1, 0.15) is 20.3 Å². The van der Waals surface area contributed by atoms with Gasteiger partial charge >= 0.3 is 0 Å². The highest BCUT2D eigenvalue weighted by atomic mass is 35.5. The van der Waals surface area contributed by atoms with Crippen LogP contribution in [0.25, 0.3) is 0 Å². The zero-order valence-corrected chi connectivity index (χ0v) is 24.2. The molecule has 0 saturated carbocycles. The van der Waals surface area contributed by atoms with E-state index in [1.165, 1.54) is 4.90 Å². The van der Waals surface area contributed by atoms with Crippen LogP contribution in [-0.2, 0) is 19.1 Å². The lowest BCUT2D eigenvalue weighted by Crippen LogP contribution is -2.68. The van der Waals surface area contributed by atoms with E-state index in [1.54, 1.807) is 12.2 Å². The van der Waals surface area contributed by atoms with E-state index >= 15 is 0 Å². The van der Waals surface area contributed by atoms with Gasteiger partial charge in [-0.05, 0) is 13.8 Å². The van der Waals surface area contributed by atoms with E-state index in [2.05, 4.69) is 21.0 Å². The molecule has 0 aliphatic carbocycles. The number of hydrazine groups is 1. The first-order valence-electron chi connectivity index (χ1n) is 14.3. The maximum absolute atomic E-state index is 14.3. The zero-order valence-electron chi connectivity index (χ0n) is 23.4. The van der Waals surface area contributed by atoms with Crippen molar-refractivity contribution in [2.75, 3.05) is 51.3 Å². The number of carbonyl (C=O) groups excluding carboxylic acids is 3. The largest absolute Gasteiger partial charge is 0.362 e. The van der Waals surface area contributed by atoms with Crippen LogP contribution in [-0.4, -0.2) is 118 Å². The van der Waals surface area contributed by atoms with Crippen LogP contribution >= 0.6 is 11.6 Å². The summed E-state index contributed by atoms with van der Waals surface area (Å²) in [5, 5.41) is 8.45. The van der Waals surface area contributed by atoms with Crippen molar-refractivity contribution in [1.82, 2.24) is 35.7 Å². The Hall–Kier alpha value is -2.75. The lowest BCUT2D eigenvalue weighted by atomic mass is 9.69. The number of hydrogen-bond donors (Lipinski definition) is 3. The highest BCUT2D eigenvalue weighted by Crippen LogP contribution is 2.53. The van der Waals surface area contributed by atoms with Crippen molar-refractivity contribution in [3.05, 3.63) is 35.3 Å². The summed E-state index contributed by atoms with van der Waals surface area (Å²) in [5.41, 5.74) is 1.88. The molecule has 0 aromatic carbocycles. The second-order valence-electron chi connectivity index (χ2n) is 11.7. The second-order valence-corrected chi connectivity index (χ2v) is 12.1. The maximum Gasteiger partial charge on any atom is 0.257 e. The molecule has 7 unspecified atom stereocenters. The van der Waals surface area contributed by atoms with Crippen LogP contribution in [0.5, 0.6) is 0 Å². The average Bonchev–Trinajstić information content (AvgIpc) is 3.50. The van der Waals surface area contributed by atoms with Gasteiger partial charge in [0.25, 0.3) is 5.91 Å². The summed E-state index contributed by atoms with van der Waals surface area (Å²) >= 11 is 5.87. The molecule has 2 bridgehead atoms. The predicted octanol–water partition coefficient (Wildman–Crippen LogP) is 0.526. The third-order valence-electron chi connectivity index (χ3n) is 9.17. The van der Waals surface area contributed by atoms with E-state index in [0.29, 0.717) is 26.2 Å². The Morgan fingerprint density at radius 2 is 1.95 bits per heavy atom. The van der Waals surface area contributed by atoms with Gasteiger partial charge in [-0.1, -0.05) is 23.8 Å². The minimum Gasteiger partial charge on any atom is -0.362 e. The summed E-state index contributed by atoms with van der Waals surface area (Å²) in [7, 11) is 0. The van der Waals surface area contributed by atoms with Crippen molar-refractivity contribution >= 4 is 35.1 Å². The van der Waals surface area contributed by atoms with E-state index in [1.807, 2.05) is 23.8 Å². The fourth-order valence-corrected chi connectivity index (χ4v) is 6.95. The SMILES string of the molecule is CC1NCCN(NC(=O)C2CC34C=CC(O3)C(C(=O)Nc3cc(F)cc(Cl)n3)C4C(=O)N2CN2CCN(F)CC2)C1C. The molecule has 6 rings (SSSR count). The lowest BCUT2D eigenvalue weighted by molar-refractivity contribution is -0.165. The standard InChI is InChI=1S/C27H35ClF2N8O4/c1-15-16(2)38(6-5-31-15)34-24(39)18-13-27-4-3-19(42-27)22(25(40)33-21-12-17(29)11-20(28)32-21)23(27)26(41)37(18)14-35-7-9-36(30)10-8-35/h3-4,11-12,15-16,18-19,22-23,31H,5-10,13-14H2,1-2H3,(H,34,39)(H,32,33,40). The Labute approximate surface area is 247 Å². The molecule has 5 aliphatic heterocycles. The Morgan fingerprint density at radius 1 is 1.19 bits per heavy atom. The summed E-state index contributed by atoms with van der Waals surface area (Å²) < 4.78 is 34.0. The number of aromatic nitrogens is 1. The van der Waals surface area contributed by atoms with Gasteiger partial charge in [0.1, 0.15) is 28.4 Å². The average molecular weight is 609 g/mol. The number of piperidine rings is 1. The summed E-state index contributed by atoms with van der Waals surface area (Å²) in [4.78, 5) is 49.2. The van der Waals surface area contributed by atoms with Crippen molar-refractivity contribution in [3.8, 4) is 0 Å². The fraction of sp³-hybridized carbons (Fsp3) is 0.630. The van der Waals surface area contributed by atoms with E-state index in [4.69, 9.17) is 16.3 Å². The Kier molecular flexibility index (Phi) is 7.96. The number of rotatable bonds is 6. The minimum atomic E-state index is -1.16.